The van der Waals surface area contributed by atoms with Crippen LogP contribution in [0.1, 0.15) is 45.7 Å². The van der Waals surface area contributed by atoms with Crippen molar-refractivity contribution in [3.63, 3.8) is 0 Å². The smallest absolute Gasteiger partial charge is 0.122 e. The summed E-state index contributed by atoms with van der Waals surface area (Å²) in [6.07, 6.45) is -1.41. The fourth-order valence-electron chi connectivity index (χ4n) is 4.11. The third-order valence-corrected chi connectivity index (χ3v) is 11.9. The first kappa shape index (κ1) is 27.4. The summed E-state index contributed by atoms with van der Waals surface area (Å²) in [5, 5.41) is 31.7. The number of aliphatic hydroxyl groups is 3. The molecular formula is C27H42O5Si. The van der Waals surface area contributed by atoms with Crippen LogP contribution in [-0.2, 0) is 0 Å². The van der Waals surface area contributed by atoms with E-state index in [9.17, 15) is 10.2 Å². The van der Waals surface area contributed by atoms with Crippen LogP contribution in [0.15, 0.2) is 36.4 Å². The average molecular weight is 475 g/mol. The van der Waals surface area contributed by atoms with E-state index < -0.39 is 20.3 Å². The van der Waals surface area contributed by atoms with Crippen molar-refractivity contribution in [3.05, 3.63) is 47.5 Å². The van der Waals surface area contributed by atoms with Crippen LogP contribution in [0.2, 0.25) is 12.1 Å². The van der Waals surface area contributed by atoms with E-state index in [-0.39, 0.29) is 25.2 Å². The van der Waals surface area contributed by atoms with Crippen molar-refractivity contribution in [2.24, 2.45) is 5.41 Å². The van der Waals surface area contributed by atoms with Crippen LogP contribution >= 0.6 is 0 Å². The standard InChI is InChI=1S/C27H42O5Si/c1-8-33(9-2,22-10-12-24(19(3)14-22)31-17-21(29)16-28)23-11-13-25(20(4)15-23)32-18-26(30)27(5,6)7/h10-15,21,26,28-30H,8-9,16-18H2,1-7H3/t21-,26+/m1/s1. The fraction of sp³-hybridized carbons (Fsp3) is 0.556. The van der Waals surface area contributed by atoms with Crippen molar-refractivity contribution in [1.82, 2.24) is 0 Å². The van der Waals surface area contributed by atoms with Gasteiger partial charge in [0, 0.05) is 0 Å². The Kier molecular flexibility index (Phi) is 9.55. The molecule has 0 aliphatic carbocycles. The lowest BCUT2D eigenvalue weighted by Crippen LogP contribution is -2.57. The molecule has 6 heteroatoms. The van der Waals surface area contributed by atoms with Gasteiger partial charge in [0.2, 0.25) is 0 Å². The van der Waals surface area contributed by atoms with Crippen molar-refractivity contribution in [3.8, 4) is 11.5 Å². The Bertz CT molecular complexity index is 902. The minimum Gasteiger partial charge on any atom is -0.491 e. The Morgan fingerprint density at radius 1 is 0.818 bits per heavy atom. The van der Waals surface area contributed by atoms with Gasteiger partial charge in [-0.05, 0) is 42.5 Å². The maximum absolute atomic E-state index is 10.3. The number of hydrogen-bond acceptors (Lipinski definition) is 5. The highest BCUT2D eigenvalue weighted by Gasteiger charge is 2.34. The summed E-state index contributed by atoms with van der Waals surface area (Å²) in [7, 11) is -1.98. The van der Waals surface area contributed by atoms with E-state index in [0.717, 1.165) is 34.7 Å². The summed E-state index contributed by atoms with van der Waals surface area (Å²) in [6.45, 7) is 14.7. The van der Waals surface area contributed by atoms with Crippen molar-refractivity contribution in [1.29, 1.82) is 0 Å². The number of aryl methyl sites for hydroxylation is 2. The predicted molar refractivity (Wildman–Crippen MR) is 138 cm³/mol. The lowest BCUT2D eigenvalue weighted by atomic mass is 9.90. The van der Waals surface area contributed by atoms with Gasteiger partial charge in [0.05, 0.1) is 12.7 Å². The van der Waals surface area contributed by atoms with Gasteiger partial charge in [-0.3, -0.25) is 0 Å². The molecule has 0 heterocycles. The minimum atomic E-state index is -1.98. The molecule has 0 aliphatic rings. The Morgan fingerprint density at radius 2 is 1.27 bits per heavy atom. The van der Waals surface area contributed by atoms with Gasteiger partial charge >= 0.3 is 0 Å². The van der Waals surface area contributed by atoms with E-state index in [1.807, 2.05) is 39.8 Å². The molecular weight excluding hydrogens is 432 g/mol. The zero-order valence-corrected chi connectivity index (χ0v) is 22.3. The van der Waals surface area contributed by atoms with Crippen LogP contribution in [0, 0.1) is 19.3 Å². The lowest BCUT2D eigenvalue weighted by molar-refractivity contribution is 0.0216. The molecule has 2 atom stereocenters. The van der Waals surface area contributed by atoms with Crippen molar-refractivity contribution < 1.29 is 24.8 Å². The highest BCUT2D eigenvalue weighted by atomic mass is 28.3. The van der Waals surface area contributed by atoms with Gasteiger partial charge in [0.15, 0.2) is 0 Å². The van der Waals surface area contributed by atoms with Crippen LogP contribution < -0.4 is 19.8 Å². The predicted octanol–water partition coefficient (Wildman–Crippen LogP) is 3.42. The van der Waals surface area contributed by atoms with E-state index >= 15 is 0 Å². The minimum absolute atomic E-state index is 0.0748. The molecule has 0 radical (unpaired) electrons. The molecule has 0 spiro atoms. The third kappa shape index (κ3) is 6.60. The molecule has 3 N–H and O–H groups in total. The number of benzene rings is 2. The van der Waals surface area contributed by atoms with E-state index in [2.05, 4.69) is 45.0 Å². The Hall–Kier alpha value is -1.86. The van der Waals surface area contributed by atoms with Crippen LogP contribution in [0.3, 0.4) is 0 Å². The zero-order chi connectivity index (χ0) is 24.8. The lowest BCUT2D eigenvalue weighted by Gasteiger charge is -2.32. The van der Waals surface area contributed by atoms with Crippen LogP contribution in [-0.4, -0.2) is 55.4 Å². The molecule has 33 heavy (non-hydrogen) atoms. The van der Waals surface area contributed by atoms with Gasteiger partial charge < -0.3 is 24.8 Å². The second-order valence-electron chi connectivity index (χ2n) is 10.1. The number of ether oxygens (including phenoxy) is 2. The van der Waals surface area contributed by atoms with Crippen LogP contribution in [0.5, 0.6) is 11.5 Å². The number of aliphatic hydroxyl groups excluding tert-OH is 3. The molecule has 0 saturated heterocycles. The molecule has 184 valence electrons. The first-order valence-electron chi connectivity index (χ1n) is 11.9. The molecule has 5 nitrogen and oxygen atoms in total. The SMILES string of the molecule is CC[Si](CC)(c1ccc(OC[C@H](O)CO)c(C)c1)c1ccc(OC[C@H](O)C(C)(C)C)c(C)c1. The van der Waals surface area contributed by atoms with Crippen molar-refractivity contribution in [2.45, 2.75) is 72.8 Å². The largest absolute Gasteiger partial charge is 0.491 e. The monoisotopic (exact) mass is 474 g/mol. The second kappa shape index (κ2) is 11.5. The summed E-state index contributed by atoms with van der Waals surface area (Å²) in [5.41, 5.74) is 1.90. The van der Waals surface area contributed by atoms with Gasteiger partial charge in [-0.25, -0.2) is 0 Å². The maximum atomic E-state index is 10.3. The molecule has 0 bridgehead atoms. The van der Waals surface area contributed by atoms with Gasteiger partial charge in [-0.2, -0.15) is 0 Å². The van der Waals surface area contributed by atoms with Gasteiger partial charge in [0.25, 0.3) is 0 Å². The summed E-state index contributed by atoms with van der Waals surface area (Å²) in [4.78, 5) is 0. The summed E-state index contributed by atoms with van der Waals surface area (Å²) < 4.78 is 11.7. The fourth-order valence-corrected chi connectivity index (χ4v) is 8.37. The first-order valence-corrected chi connectivity index (χ1v) is 14.3. The number of hydrogen-bond donors (Lipinski definition) is 3. The molecule has 0 amide bonds. The van der Waals surface area contributed by atoms with E-state index in [1.165, 1.54) is 10.4 Å². The number of rotatable bonds is 11. The topological polar surface area (TPSA) is 79.2 Å². The molecule has 0 fully saturated rings. The van der Waals surface area contributed by atoms with E-state index in [0.29, 0.717) is 0 Å². The second-order valence-corrected chi connectivity index (χ2v) is 14.8. The van der Waals surface area contributed by atoms with E-state index in [4.69, 9.17) is 14.6 Å². The van der Waals surface area contributed by atoms with Gasteiger partial charge in [0.1, 0.15) is 38.9 Å². The maximum Gasteiger partial charge on any atom is 0.122 e. The molecule has 2 aromatic rings. The molecule has 0 aliphatic heterocycles. The average Bonchev–Trinajstić information content (AvgIpc) is 2.78. The van der Waals surface area contributed by atoms with Gasteiger partial charge in [-0.15, -0.1) is 0 Å². The third-order valence-electron chi connectivity index (χ3n) is 6.70. The highest BCUT2D eigenvalue weighted by molar-refractivity contribution is 7.02. The summed E-state index contributed by atoms with van der Waals surface area (Å²) in [6, 6.07) is 15.0. The zero-order valence-electron chi connectivity index (χ0n) is 21.3. The molecule has 0 aromatic heterocycles. The van der Waals surface area contributed by atoms with Crippen LogP contribution in [0.4, 0.5) is 0 Å². The molecule has 2 aromatic carbocycles. The highest BCUT2D eigenvalue weighted by Crippen LogP contribution is 2.25. The molecule has 0 saturated carbocycles. The van der Waals surface area contributed by atoms with Crippen LogP contribution in [0.25, 0.3) is 0 Å². The first-order chi connectivity index (χ1) is 15.5. The van der Waals surface area contributed by atoms with Gasteiger partial charge in [-0.1, -0.05) is 81.3 Å². The normalized spacial score (nSPS) is 14.1. The van der Waals surface area contributed by atoms with Crippen molar-refractivity contribution in [2.75, 3.05) is 19.8 Å². The Labute approximate surface area is 200 Å². The van der Waals surface area contributed by atoms with E-state index in [1.54, 1.807) is 0 Å². The summed E-state index contributed by atoms with van der Waals surface area (Å²) >= 11 is 0. The summed E-state index contributed by atoms with van der Waals surface area (Å²) in [5.74, 6) is 1.55. The van der Waals surface area contributed by atoms with Crippen molar-refractivity contribution >= 4 is 18.4 Å². The molecule has 2 rings (SSSR count). The molecule has 0 unspecified atom stereocenters. The quantitative estimate of drug-likeness (QED) is 0.435. The Balaban J connectivity index is 2.31. The Morgan fingerprint density at radius 3 is 1.64 bits per heavy atom.